The van der Waals surface area contributed by atoms with Crippen LogP contribution in [0.2, 0.25) is 0 Å². The molecule has 0 atom stereocenters. The van der Waals surface area contributed by atoms with E-state index in [1.54, 1.807) is 24.2 Å². The summed E-state index contributed by atoms with van der Waals surface area (Å²) in [5.41, 5.74) is 7.13. The smallest absolute Gasteiger partial charge is 0.274 e. The number of fused-ring (bicyclic) bond motifs is 3. The van der Waals surface area contributed by atoms with Crippen molar-refractivity contribution in [3.63, 3.8) is 0 Å². The van der Waals surface area contributed by atoms with Crippen LogP contribution in [-0.4, -0.2) is 69.8 Å². The number of nitrogens with zero attached hydrogens (tertiary/aromatic N) is 6. The standard InChI is InChI=1S/C35H39FN6O3/c1-38-9-11-40(12-10-38)28-8-7-27(37-20-28)16-24-15-25(21-39(2)34(24)44)29-18-26(36)19-32(30(29)22-43)42-14-13-41-31-6-4-3-5-23(31)17-33(41)35(42)45/h7-8,15,17-21,43H,3-6,9-14,16,22H2,1-2H3. The topological polar surface area (TPSA) is 86.8 Å². The van der Waals surface area contributed by atoms with Crippen LogP contribution in [0, 0.1) is 5.82 Å². The molecule has 4 aromatic rings. The second kappa shape index (κ2) is 11.9. The van der Waals surface area contributed by atoms with Gasteiger partial charge in [-0.1, -0.05) is 0 Å². The number of aliphatic hydroxyl groups is 1. The summed E-state index contributed by atoms with van der Waals surface area (Å²) < 4.78 is 18.9. The van der Waals surface area contributed by atoms with Gasteiger partial charge in [-0.05, 0) is 85.8 Å². The zero-order valence-electron chi connectivity index (χ0n) is 25.9. The summed E-state index contributed by atoms with van der Waals surface area (Å²) in [5.74, 6) is -0.698. The highest BCUT2D eigenvalue weighted by molar-refractivity contribution is 6.07. The average Bonchev–Trinajstić information content (AvgIpc) is 3.43. The van der Waals surface area contributed by atoms with E-state index in [-0.39, 0.29) is 18.1 Å². The first kappa shape index (κ1) is 29.4. The van der Waals surface area contributed by atoms with E-state index >= 15 is 4.39 Å². The summed E-state index contributed by atoms with van der Waals surface area (Å²) in [7, 11) is 3.79. The number of halogens is 1. The van der Waals surface area contributed by atoms with Gasteiger partial charge >= 0.3 is 0 Å². The Kier molecular flexibility index (Phi) is 7.79. The van der Waals surface area contributed by atoms with Crippen LogP contribution in [0.3, 0.4) is 0 Å². The van der Waals surface area contributed by atoms with Crippen LogP contribution in [0.25, 0.3) is 11.1 Å². The van der Waals surface area contributed by atoms with E-state index in [0.29, 0.717) is 53.1 Å². The van der Waals surface area contributed by atoms with Gasteiger partial charge in [0.05, 0.1) is 24.2 Å². The highest BCUT2D eigenvalue weighted by Gasteiger charge is 2.32. The maximum Gasteiger partial charge on any atom is 0.274 e. The number of likely N-dealkylation sites (N-methyl/N-ethyl adjacent to an activating group) is 1. The summed E-state index contributed by atoms with van der Waals surface area (Å²) >= 11 is 0. The van der Waals surface area contributed by atoms with Gasteiger partial charge in [-0.2, -0.15) is 0 Å². The molecule has 0 spiro atoms. The molecule has 1 fully saturated rings. The van der Waals surface area contributed by atoms with Gasteiger partial charge in [0.2, 0.25) is 0 Å². The van der Waals surface area contributed by atoms with Crippen LogP contribution in [0.4, 0.5) is 15.8 Å². The lowest BCUT2D eigenvalue weighted by Crippen LogP contribution is -2.44. The minimum absolute atomic E-state index is 0.165. The highest BCUT2D eigenvalue weighted by atomic mass is 19.1. The molecule has 7 rings (SSSR count). The Morgan fingerprint density at radius 2 is 1.73 bits per heavy atom. The zero-order chi connectivity index (χ0) is 31.2. The first-order valence-electron chi connectivity index (χ1n) is 15.9. The van der Waals surface area contributed by atoms with Crippen LogP contribution in [0.5, 0.6) is 0 Å². The van der Waals surface area contributed by atoms with Crippen molar-refractivity contribution >= 4 is 17.3 Å². The van der Waals surface area contributed by atoms with Gasteiger partial charge in [-0.15, -0.1) is 0 Å². The van der Waals surface area contributed by atoms with E-state index in [1.165, 1.54) is 28.0 Å². The molecular formula is C35H39FN6O3. The maximum absolute atomic E-state index is 15.3. The number of aryl methyl sites for hydroxylation is 2. The third kappa shape index (κ3) is 5.46. The number of pyridine rings is 2. The summed E-state index contributed by atoms with van der Waals surface area (Å²) in [5, 5.41) is 10.6. The molecule has 3 aromatic heterocycles. The van der Waals surface area contributed by atoms with Crippen LogP contribution in [0.15, 0.2) is 53.6 Å². The van der Waals surface area contributed by atoms with Gasteiger partial charge in [-0.25, -0.2) is 4.39 Å². The molecule has 45 heavy (non-hydrogen) atoms. The Labute approximate surface area is 262 Å². The molecule has 0 radical (unpaired) electrons. The van der Waals surface area contributed by atoms with Crippen molar-refractivity contribution in [2.75, 3.05) is 49.6 Å². The van der Waals surface area contributed by atoms with Crippen LogP contribution in [0.1, 0.15) is 51.4 Å². The SMILES string of the molecule is CN1CCN(c2ccc(Cc3cc(-c4cc(F)cc(N5CCn6c(cc7c6CCCC7)C5=O)c4CO)cn(C)c3=O)nc2)CC1. The normalized spacial score (nSPS) is 17.0. The van der Waals surface area contributed by atoms with E-state index in [1.807, 2.05) is 24.4 Å². The number of rotatable bonds is 6. The minimum Gasteiger partial charge on any atom is -0.392 e. The first-order valence-corrected chi connectivity index (χ1v) is 15.9. The highest BCUT2D eigenvalue weighted by Crippen LogP contribution is 2.36. The van der Waals surface area contributed by atoms with Crippen molar-refractivity contribution in [2.24, 2.45) is 7.05 Å². The fraction of sp³-hybridized carbons (Fsp3) is 0.400. The fourth-order valence-electron chi connectivity index (χ4n) is 7.18. The summed E-state index contributed by atoms with van der Waals surface area (Å²) in [4.78, 5) is 37.9. The number of piperazine rings is 1. The van der Waals surface area contributed by atoms with E-state index in [9.17, 15) is 14.7 Å². The van der Waals surface area contributed by atoms with Crippen LogP contribution in [-0.2, 0) is 39.5 Å². The molecule has 2 aliphatic heterocycles. The number of benzene rings is 1. The van der Waals surface area contributed by atoms with Gasteiger partial charge in [-0.3, -0.25) is 14.6 Å². The zero-order valence-corrected chi connectivity index (χ0v) is 25.9. The monoisotopic (exact) mass is 610 g/mol. The number of carbonyl (C=O) groups excluding carboxylic acids is 1. The number of anilines is 2. The predicted octanol–water partition coefficient (Wildman–Crippen LogP) is 3.76. The predicted molar refractivity (Wildman–Crippen MR) is 173 cm³/mol. The molecule has 0 saturated carbocycles. The second-order valence-corrected chi connectivity index (χ2v) is 12.6. The Bertz CT molecular complexity index is 1820. The molecule has 234 valence electrons. The summed E-state index contributed by atoms with van der Waals surface area (Å²) in [6.45, 7) is 4.52. The van der Waals surface area contributed by atoms with Crippen molar-refractivity contribution in [3.05, 3.63) is 98.7 Å². The molecular weight excluding hydrogens is 571 g/mol. The number of aliphatic hydroxyl groups excluding tert-OH is 1. The average molecular weight is 611 g/mol. The van der Waals surface area contributed by atoms with Crippen molar-refractivity contribution in [3.8, 4) is 11.1 Å². The quantitative estimate of drug-likeness (QED) is 0.358. The lowest BCUT2D eigenvalue weighted by atomic mass is 9.96. The minimum atomic E-state index is -0.512. The first-order chi connectivity index (χ1) is 21.8. The van der Waals surface area contributed by atoms with E-state index in [0.717, 1.165) is 63.2 Å². The Morgan fingerprint density at radius 3 is 2.49 bits per heavy atom. The molecule has 1 saturated heterocycles. The largest absolute Gasteiger partial charge is 0.392 e. The van der Waals surface area contributed by atoms with Crippen LogP contribution < -0.4 is 15.4 Å². The Balaban J connectivity index is 1.20. The van der Waals surface area contributed by atoms with E-state index in [4.69, 9.17) is 0 Å². The molecule has 1 amide bonds. The van der Waals surface area contributed by atoms with Gasteiger partial charge in [0.1, 0.15) is 11.5 Å². The molecule has 0 unspecified atom stereocenters. The fourth-order valence-corrected chi connectivity index (χ4v) is 7.18. The molecule has 9 nitrogen and oxygen atoms in total. The number of carbonyl (C=O) groups is 1. The van der Waals surface area contributed by atoms with Crippen molar-refractivity contribution < 1.29 is 14.3 Å². The van der Waals surface area contributed by atoms with Gasteiger partial charge in [0, 0.05) is 81.4 Å². The van der Waals surface area contributed by atoms with Gasteiger partial charge < -0.3 is 28.9 Å². The van der Waals surface area contributed by atoms with E-state index in [2.05, 4.69) is 26.4 Å². The molecule has 5 heterocycles. The molecule has 1 aliphatic carbocycles. The van der Waals surface area contributed by atoms with Crippen molar-refractivity contribution in [1.29, 1.82) is 0 Å². The molecule has 0 bridgehead atoms. The third-order valence-corrected chi connectivity index (χ3v) is 9.68. The van der Waals surface area contributed by atoms with Gasteiger partial charge in [0.25, 0.3) is 11.5 Å². The maximum atomic E-state index is 15.3. The number of hydrogen-bond acceptors (Lipinski definition) is 6. The van der Waals surface area contributed by atoms with Crippen molar-refractivity contribution in [2.45, 2.75) is 45.3 Å². The Hall–Kier alpha value is -4.28. The number of hydrogen-bond donors (Lipinski definition) is 1. The third-order valence-electron chi connectivity index (χ3n) is 9.68. The molecule has 3 aliphatic rings. The second-order valence-electron chi connectivity index (χ2n) is 12.6. The lowest BCUT2D eigenvalue weighted by molar-refractivity contribution is 0.0964. The molecule has 1 N–H and O–H groups in total. The number of aromatic nitrogens is 3. The van der Waals surface area contributed by atoms with Gasteiger partial charge in [0.15, 0.2) is 0 Å². The molecule has 1 aromatic carbocycles. The molecule has 10 heteroatoms. The van der Waals surface area contributed by atoms with Crippen LogP contribution >= 0.6 is 0 Å². The summed E-state index contributed by atoms with van der Waals surface area (Å²) in [6.07, 6.45) is 8.02. The van der Waals surface area contributed by atoms with Crippen molar-refractivity contribution in [1.82, 2.24) is 19.0 Å². The summed E-state index contributed by atoms with van der Waals surface area (Å²) in [6, 6.07) is 10.5. The number of amides is 1. The Morgan fingerprint density at radius 1 is 0.933 bits per heavy atom. The lowest BCUT2D eigenvalue weighted by Gasteiger charge is -2.33. The van der Waals surface area contributed by atoms with E-state index < -0.39 is 5.82 Å².